The number of nitrogens with zero attached hydrogens (tertiary/aromatic N) is 1. The minimum Gasteiger partial charge on any atom is -0.382 e. The third kappa shape index (κ3) is 3.59. The number of alkyl halides is 3. The predicted molar refractivity (Wildman–Crippen MR) is 53.3 cm³/mol. The lowest BCUT2D eigenvalue weighted by Crippen LogP contribution is -2.35. The van der Waals surface area contributed by atoms with E-state index in [1.807, 2.05) is 0 Å². The van der Waals surface area contributed by atoms with Crippen LogP contribution in [0.2, 0.25) is 0 Å². The second-order valence-corrected chi connectivity index (χ2v) is 3.20. The van der Waals surface area contributed by atoms with E-state index in [9.17, 15) is 18.0 Å². The maximum absolute atomic E-state index is 12.0. The van der Waals surface area contributed by atoms with Gasteiger partial charge in [0.2, 0.25) is 0 Å². The van der Waals surface area contributed by atoms with Crippen LogP contribution in [0.25, 0.3) is 0 Å². The lowest BCUT2D eigenvalue weighted by Gasteiger charge is -2.16. The molecule has 94 valence electrons. The first-order valence-corrected chi connectivity index (χ1v) is 4.56. The lowest BCUT2D eigenvalue weighted by atomic mass is 10.2. The van der Waals surface area contributed by atoms with Gasteiger partial charge in [0.05, 0.1) is 12.1 Å². The number of aliphatic hydroxyl groups excluding tert-OH is 1. The van der Waals surface area contributed by atoms with Crippen LogP contribution in [0.3, 0.4) is 0 Å². The largest absolute Gasteiger partial charge is 0.416 e. The molecule has 1 aromatic heterocycles. The summed E-state index contributed by atoms with van der Waals surface area (Å²) in [6.07, 6.45) is -5.98. The Morgan fingerprint density at radius 3 is 2.76 bits per heavy atom. The predicted octanol–water partition coefficient (Wildman–Crippen LogP) is 0.516. The van der Waals surface area contributed by atoms with Gasteiger partial charge in [-0.15, -0.1) is 0 Å². The van der Waals surface area contributed by atoms with Crippen LogP contribution in [0, 0.1) is 0 Å². The van der Waals surface area contributed by atoms with E-state index in [2.05, 4.69) is 10.3 Å². The van der Waals surface area contributed by atoms with Gasteiger partial charge in [-0.2, -0.15) is 13.2 Å². The van der Waals surface area contributed by atoms with E-state index in [0.717, 1.165) is 0 Å². The average Bonchev–Trinajstić information content (AvgIpc) is 2.24. The number of rotatable bonds is 4. The first-order valence-electron chi connectivity index (χ1n) is 4.56. The molecule has 1 rings (SSSR count). The lowest BCUT2D eigenvalue weighted by molar-refractivity contribution is -0.198. The fourth-order valence-corrected chi connectivity index (χ4v) is 1.05. The topological polar surface area (TPSA) is 88.2 Å². The quantitative estimate of drug-likeness (QED) is 0.725. The van der Waals surface area contributed by atoms with Gasteiger partial charge < -0.3 is 16.2 Å². The zero-order valence-corrected chi connectivity index (χ0v) is 8.53. The van der Waals surface area contributed by atoms with Crippen LogP contribution in [0.5, 0.6) is 0 Å². The summed E-state index contributed by atoms with van der Waals surface area (Å²) in [6.45, 7) is -0.805. The standard InChI is InChI=1S/C9H10F3N3O2/c10-9(11,12)6(16)4-15-8-5(7(13)17)2-1-3-14-8/h1-3,6,16H,4H2,(H2,13,17)(H,14,15). The van der Waals surface area contributed by atoms with Gasteiger partial charge in [0, 0.05) is 6.20 Å². The zero-order valence-electron chi connectivity index (χ0n) is 8.53. The molecule has 0 aliphatic carbocycles. The second-order valence-electron chi connectivity index (χ2n) is 3.20. The molecule has 4 N–H and O–H groups in total. The summed E-state index contributed by atoms with van der Waals surface area (Å²) in [6, 6.07) is 2.74. The molecule has 1 amide bonds. The van der Waals surface area contributed by atoms with Crippen molar-refractivity contribution >= 4 is 11.7 Å². The SMILES string of the molecule is NC(=O)c1cccnc1NCC(O)C(F)(F)F. The third-order valence-electron chi connectivity index (χ3n) is 1.91. The molecule has 0 bridgehead atoms. The van der Waals surface area contributed by atoms with Crippen molar-refractivity contribution < 1.29 is 23.1 Å². The smallest absolute Gasteiger partial charge is 0.382 e. The van der Waals surface area contributed by atoms with Gasteiger partial charge >= 0.3 is 6.18 Å². The summed E-state index contributed by atoms with van der Waals surface area (Å²) in [7, 11) is 0. The van der Waals surface area contributed by atoms with E-state index in [-0.39, 0.29) is 11.4 Å². The van der Waals surface area contributed by atoms with Gasteiger partial charge in [-0.05, 0) is 12.1 Å². The highest BCUT2D eigenvalue weighted by Crippen LogP contribution is 2.20. The van der Waals surface area contributed by atoms with E-state index < -0.39 is 24.7 Å². The molecule has 8 heteroatoms. The number of anilines is 1. The van der Waals surface area contributed by atoms with E-state index >= 15 is 0 Å². The number of halogens is 3. The van der Waals surface area contributed by atoms with E-state index in [4.69, 9.17) is 10.8 Å². The summed E-state index contributed by atoms with van der Waals surface area (Å²) in [5.41, 5.74) is 4.96. The molecule has 0 fully saturated rings. The number of nitrogens with one attached hydrogen (secondary N) is 1. The normalized spacial score (nSPS) is 13.2. The maximum Gasteiger partial charge on any atom is 0.416 e. The number of hydrogen-bond donors (Lipinski definition) is 3. The molecule has 0 aliphatic rings. The molecule has 1 atom stereocenters. The van der Waals surface area contributed by atoms with Crippen molar-refractivity contribution in [2.24, 2.45) is 5.73 Å². The monoisotopic (exact) mass is 249 g/mol. The Labute approximate surface area is 94.5 Å². The molecular formula is C9H10F3N3O2. The fourth-order valence-electron chi connectivity index (χ4n) is 1.05. The summed E-state index contributed by atoms with van der Waals surface area (Å²) in [5.74, 6) is -0.912. The number of carbonyl (C=O) groups excluding carboxylic acids is 1. The van der Waals surface area contributed by atoms with Crippen molar-refractivity contribution in [3.63, 3.8) is 0 Å². The van der Waals surface area contributed by atoms with Gasteiger partial charge in [-0.1, -0.05) is 0 Å². The fraction of sp³-hybridized carbons (Fsp3) is 0.333. The van der Waals surface area contributed by atoms with Gasteiger partial charge in [-0.3, -0.25) is 4.79 Å². The van der Waals surface area contributed by atoms with Crippen molar-refractivity contribution in [1.82, 2.24) is 4.98 Å². The Bertz CT molecular complexity index is 409. The number of nitrogens with two attached hydrogens (primary N) is 1. The molecule has 0 spiro atoms. The molecule has 17 heavy (non-hydrogen) atoms. The number of aromatic nitrogens is 1. The van der Waals surface area contributed by atoms with Gasteiger partial charge in [0.25, 0.3) is 5.91 Å². The number of pyridine rings is 1. The third-order valence-corrected chi connectivity index (χ3v) is 1.91. The number of carbonyl (C=O) groups is 1. The van der Waals surface area contributed by atoms with Crippen LogP contribution in [-0.2, 0) is 0 Å². The van der Waals surface area contributed by atoms with Crippen LogP contribution in [0.1, 0.15) is 10.4 Å². The van der Waals surface area contributed by atoms with Crippen LogP contribution >= 0.6 is 0 Å². The number of aliphatic hydroxyl groups is 1. The average molecular weight is 249 g/mol. The number of primary amides is 1. The van der Waals surface area contributed by atoms with Crippen molar-refractivity contribution in [3.05, 3.63) is 23.9 Å². The molecule has 0 saturated heterocycles. The highest BCUT2D eigenvalue weighted by Gasteiger charge is 2.38. The maximum atomic E-state index is 12.0. The van der Waals surface area contributed by atoms with Crippen molar-refractivity contribution in [2.75, 3.05) is 11.9 Å². The molecule has 0 saturated carbocycles. The van der Waals surface area contributed by atoms with Crippen LogP contribution in [-0.4, -0.2) is 34.8 Å². The Morgan fingerprint density at radius 2 is 2.24 bits per heavy atom. The molecule has 0 aromatic carbocycles. The van der Waals surface area contributed by atoms with Gasteiger partial charge in [0.1, 0.15) is 5.82 Å². The molecule has 0 aliphatic heterocycles. The first-order chi connectivity index (χ1) is 7.82. The highest BCUT2D eigenvalue weighted by atomic mass is 19.4. The Kier molecular flexibility index (Phi) is 3.89. The van der Waals surface area contributed by atoms with E-state index in [0.29, 0.717) is 0 Å². The van der Waals surface area contributed by atoms with Crippen molar-refractivity contribution in [3.8, 4) is 0 Å². The number of hydrogen-bond acceptors (Lipinski definition) is 4. The Hall–Kier alpha value is -1.83. The summed E-state index contributed by atoms with van der Waals surface area (Å²) in [5, 5.41) is 11.0. The van der Waals surface area contributed by atoms with Crippen molar-refractivity contribution in [2.45, 2.75) is 12.3 Å². The van der Waals surface area contributed by atoms with Gasteiger partial charge in [0.15, 0.2) is 6.10 Å². The van der Waals surface area contributed by atoms with Crippen LogP contribution < -0.4 is 11.1 Å². The molecule has 1 heterocycles. The molecule has 1 unspecified atom stereocenters. The number of amides is 1. The van der Waals surface area contributed by atoms with E-state index in [1.54, 1.807) is 0 Å². The molecule has 0 radical (unpaired) electrons. The minimum absolute atomic E-state index is 0.0399. The Balaban J connectivity index is 2.73. The van der Waals surface area contributed by atoms with Gasteiger partial charge in [-0.25, -0.2) is 4.98 Å². The molecule has 1 aromatic rings. The first kappa shape index (κ1) is 13.2. The Morgan fingerprint density at radius 1 is 1.59 bits per heavy atom. The molecule has 5 nitrogen and oxygen atoms in total. The summed E-state index contributed by atoms with van der Waals surface area (Å²) < 4.78 is 36.0. The van der Waals surface area contributed by atoms with Crippen LogP contribution in [0.4, 0.5) is 19.0 Å². The zero-order chi connectivity index (χ0) is 13.1. The minimum atomic E-state index is -4.73. The summed E-state index contributed by atoms with van der Waals surface area (Å²) in [4.78, 5) is 14.6. The highest BCUT2D eigenvalue weighted by molar-refractivity contribution is 5.97. The second kappa shape index (κ2) is 5.00. The molecular weight excluding hydrogens is 239 g/mol. The van der Waals surface area contributed by atoms with Crippen LogP contribution in [0.15, 0.2) is 18.3 Å². The van der Waals surface area contributed by atoms with Crippen molar-refractivity contribution in [1.29, 1.82) is 0 Å². The summed E-state index contributed by atoms with van der Waals surface area (Å²) >= 11 is 0. The van der Waals surface area contributed by atoms with E-state index in [1.165, 1.54) is 18.3 Å².